The van der Waals surface area contributed by atoms with Crippen LogP contribution in [0.1, 0.15) is 39.0 Å². The van der Waals surface area contributed by atoms with Crippen LogP contribution in [-0.4, -0.2) is 25.8 Å². The second kappa shape index (κ2) is 5.53. The number of rotatable bonds is 4. The van der Waals surface area contributed by atoms with Crippen LogP contribution in [0.2, 0.25) is 0 Å². The van der Waals surface area contributed by atoms with Gasteiger partial charge in [-0.3, -0.25) is 0 Å². The molecule has 0 saturated heterocycles. The molecule has 0 spiro atoms. The van der Waals surface area contributed by atoms with Crippen molar-refractivity contribution in [3.63, 3.8) is 0 Å². The minimum absolute atomic E-state index is 0.189. The maximum absolute atomic E-state index is 11.1. The highest BCUT2D eigenvalue weighted by molar-refractivity contribution is 7.90. The molecule has 1 aliphatic rings. The summed E-state index contributed by atoms with van der Waals surface area (Å²) in [5.74, 6) is 1.45. The van der Waals surface area contributed by atoms with Gasteiger partial charge >= 0.3 is 0 Å². The monoisotopic (exact) mass is 252 g/mol. The molecular formula is C11H21ClO2S. The van der Waals surface area contributed by atoms with Crippen molar-refractivity contribution in [1.82, 2.24) is 0 Å². The zero-order valence-corrected chi connectivity index (χ0v) is 11.1. The summed E-state index contributed by atoms with van der Waals surface area (Å²) in [4.78, 5) is 0. The summed E-state index contributed by atoms with van der Waals surface area (Å²) in [6.07, 6.45) is 6.60. The lowest BCUT2D eigenvalue weighted by atomic mass is 9.79. The van der Waals surface area contributed by atoms with Crippen LogP contribution in [0.15, 0.2) is 0 Å². The van der Waals surface area contributed by atoms with Crippen molar-refractivity contribution >= 4 is 21.4 Å². The van der Waals surface area contributed by atoms with Crippen LogP contribution in [0.5, 0.6) is 0 Å². The molecule has 0 aromatic heterocycles. The molecule has 90 valence electrons. The Morgan fingerprint density at radius 1 is 1.33 bits per heavy atom. The Balaban J connectivity index is 2.44. The van der Waals surface area contributed by atoms with Crippen LogP contribution >= 0.6 is 11.6 Å². The summed E-state index contributed by atoms with van der Waals surface area (Å²) in [6, 6.07) is 0. The van der Waals surface area contributed by atoms with Gasteiger partial charge in [-0.2, -0.15) is 0 Å². The van der Waals surface area contributed by atoms with Crippen molar-refractivity contribution < 1.29 is 8.42 Å². The first kappa shape index (κ1) is 13.3. The highest BCUT2D eigenvalue weighted by Crippen LogP contribution is 2.36. The molecule has 4 heteroatoms. The van der Waals surface area contributed by atoms with Gasteiger partial charge in [0, 0.05) is 11.6 Å². The number of hydrogen-bond acceptors (Lipinski definition) is 2. The van der Waals surface area contributed by atoms with Crippen molar-refractivity contribution in [3.05, 3.63) is 0 Å². The molecule has 1 saturated carbocycles. The zero-order valence-electron chi connectivity index (χ0n) is 9.58. The van der Waals surface area contributed by atoms with E-state index in [-0.39, 0.29) is 11.1 Å². The van der Waals surface area contributed by atoms with E-state index < -0.39 is 9.84 Å². The molecule has 2 nitrogen and oxygen atoms in total. The number of sulfone groups is 1. The predicted octanol–water partition coefficient (Wildman–Crippen LogP) is 2.85. The molecule has 1 rings (SSSR count). The molecule has 0 amide bonds. The zero-order chi connectivity index (χ0) is 11.5. The van der Waals surface area contributed by atoms with E-state index >= 15 is 0 Å². The molecule has 3 unspecified atom stereocenters. The van der Waals surface area contributed by atoms with E-state index in [0.29, 0.717) is 5.92 Å². The van der Waals surface area contributed by atoms with Gasteiger partial charge in [0.25, 0.3) is 0 Å². The number of halogens is 1. The summed E-state index contributed by atoms with van der Waals surface area (Å²) in [7, 11) is -2.83. The minimum atomic E-state index is -2.83. The van der Waals surface area contributed by atoms with Crippen LogP contribution in [0.25, 0.3) is 0 Å². The molecule has 15 heavy (non-hydrogen) atoms. The normalized spacial score (nSPS) is 32.9. The fourth-order valence-electron chi connectivity index (χ4n) is 2.36. The molecule has 0 N–H and O–H groups in total. The topological polar surface area (TPSA) is 34.1 Å². The highest BCUT2D eigenvalue weighted by atomic mass is 35.5. The maximum atomic E-state index is 11.1. The summed E-state index contributed by atoms with van der Waals surface area (Å²) < 4.78 is 22.2. The van der Waals surface area contributed by atoms with Gasteiger partial charge in [-0.15, -0.1) is 11.6 Å². The first-order valence-electron chi connectivity index (χ1n) is 5.74. The van der Waals surface area contributed by atoms with Gasteiger partial charge in [0.2, 0.25) is 0 Å². The molecule has 0 aromatic carbocycles. The van der Waals surface area contributed by atoms with Crippen LogP contribution in [0, 0.1) is 11.8 Å². The largest absolute Gasteiger partial charge is 0.229 e. The second-order valence-electron chi connectivity index (χ2n) is 4.78. The van der Waals surface area contributed by atoms with E-state index in [2.05, 4.69) is 6.92 Å². The smallest absolute Gasteiger partial charge is 0.147 e. The lowest BCUT2D eigenvalue weighted by Crippen LogP contribution is -2.27. The molecule has 3 atom stereocenters. The third kappa shape index (κ3) is 4.73. The molecule has 1 fully saturated rings. The molecule has 1 aliphatic carbocycles. The van der Waals surface area contributed by atoms with Crippen molar-refractivity contribution in [2.24, 2.45) is 11.8 Å². The molecule has 0 heterocycles. The van der Waals surface area contributed by atoms with Gasteiger partial charge in [-0.05, 0) is 37.5 Å². The van der Waals surface area contributed by atoms with E-state index in [1.54, 1.807) is 0 Å². The average Bonchev–Trinajstić information content (AvgIpc) is 2.15. The van der Waals surface area contributed by atoms with Gasteiger partial charge in [0.05, 0.1) is 5.75 Å². The predicted molar refractivity (Wildman–Crippen MR) is 65.1 cm³/mol. The van der Waals surface area contributed by atoms with Crippen molar-refractivity contribution in [3.8, 4) is 0 Å². The van der Waals surface area contributed by atoms with Gasteiger partial charge in [-0.1, -0.05) is 13.3 Å². The Kier molecular flexibility index (Phi) is 4.91. The highest BCUT2D eigenvalue weighted by Gasteiger charge is 2.28. The fraction of sp³-hybridized carbons (Fsp3) is 1.00. The number of hydrogen-bond donors (Lipinski definition) is 0. The Bertz CT molecular complexity index is 287. The van der Waals surface area contributed by atoms with Gasteiger partial charge in [0.1, 0.15) is 9.84 Å². The second-order valence-corrected chi connectivity index (χ2v) is 7.60. The average molecular weight is 253 g/mol. The van der Waals surface area contributed by atoms with Crippen molar-refractivity contribution in [2.45, 2.75) is 44.4 Å². The van der Waals surface area contributed by atoms with Crippen LogP contribution in [0.4, 0.5) is 0 Å². The van der Waals surface area contributed by atoms with E-state index in [9.17, 15) is 8.42 Å². The third-order valence-corrected chi connectivity index (χ3v) is 4.99. The quantitative estimate of drug-likeness (QED) is 0.721. The molecule has 0 bridgehead atoms. The van der Waals surface area contributed by atoms with Crippen LogP contribution < -0.4 is 0 Å². The van der Waals surface area contributed by atoms with E-state index in [1.807, 2.05) is 0 Å². The standard InChI is InChI=1S/C11H21ClO2S/c1-3-9-4-5-11(12)10(8-9)6-7-15(2,13)14/h9-11H,3-8H2,1-2H3. The van der Waals surface area contributed by atoms with Gasteiger partial charge < -0.3 is 0 Å². The Hall–Kier alpha value is 0.240. The number of alkyl halides is 1. The Labute approximate surface area is 98.3 Å². The van der Waals surface area contributed by atoms with Crippen LogP contribution in [-0.2, 0) is 9.84 Å². The molecule has 0 radical (unpaired) electrons. The summed E-state index contributed by atoms with van der Waals surface area (Å²) in [5, 5.41) is 0.189. The van der Waals surface area contributed by atoms with Gasteiger partial charge in [0.15, 0.2) is 0 Å². The SMILES string of the molecule is CCC1CCC(Cl)C(CCS(C)(=O)=O)C1. The van der Waals surface area contributed by atoms with Crippen molar-refractivity contribution in [1.29, 1.82) is 0 Å². The summed E-state index contributed by atoms with van der Waals surface area (Å²) in [6.45, 7) is 2.20. The van der Waals surface area contributed by atoms with Gasteiger partial charge in [-0.25, -0.2) is 8.42 Å². The minimum Gasteiger partial charge on any atom is -0.229 e. The lowest BCUT2D eigenvalue weighted by Gasteiger charge is -2.32. The molecule has 0 aromatic rings. The van der Waals surface area contributed by atoms with Crippen molar-refractivity contribution in [2.75, 3.05) is 12.0 Å². The summed E-state index contributed by atoms with van der Waals surface area (Å²) >= 11 is 6.24. The molecular weight excluding hydrogens is 232 g/mol. The summed E-state index contributed by atoms with van der Waals surface area (Å²) in [5.41, 5.74) is 0. The fourth-order valence-corrected chi connectivity index (χ4v) is 3.44. The first-order valence-corrected chi connectivity index (χ1v) is 8.24. The Morgan fingerprint density at radius 3 is 2.53 bits per heavy atom. The third-order valence-electron chi connectivity index (χ3n) is 3.44. The Morgan fingerprint density at radius 2 is 2.00 bits per heavy atom. The molecule has 0 aliphatic heterocycles. The van der Waals surface area contributed by atoms with E-state index in [0.717, 1.165) is 25.2 Å². The van der Waals surface area contributed by atoms with Crippen LogP contribution in [0.3, 0.4) is 0 Å². The maximum Gasteiger partial charge on any atom is 0.147 e. The first-order chi connectivity index (χ1) is 6.92. The van der Waals surface area contributed by atoms with E-state index in [4.69, 9.17) is 11.6 Å². The lowest BCUT2D eigenvalue weighted by molar-refractivity contribution is 0.261. The van der Waals surface area contributed by atoms with E-state index in [1.165, 1.54) is 19.1 Å².